The average molecular weight is 394 g/mol. The normalized spacial score (nSPS) is 12.6. The molecule has 1 aromatic carbocycles. The molecule has 2 atom stereocenters. The molecule has 0 bridgehead atoms. The molecule has 1 aromatic rings. The third kappa shape index (κ3) is 6.63. The molecule has 148 valence electrons. The summed E-state index contributed by atoms with van der Waals surface area (Å²) in [5.41, 5.74) is 0.824. The minimum Gasteiger partial charge on any atom is -0.467 e. The van der Waals surface area contributed by atoms with Crippen LogP contribution in [-0.4, -0.2) is 47.7 Å². The topological polar surface area (TPSA) is 84.9 Å². The van der Waals surface area contributed by atoms with E-state index in [4.69, 9.17) is 9.47 Å². The van der Waals surface area contributed by atoms with Crippen molar-refractivity contribution in [2.45, 2.75) is 32.5 Å². The van der Waals surface area contributed by atoms with Gasteiger partial charge in [0.2, 0.25) is 0 Å². The quantitative estimate of drug-likeness (QED) is 0.394. The Morgan fingerprint density at radius 3 is 2.37 bits per heavy atom. The number of nitrogens with one attached hydrogen (secondary N) is 1. The van der Waals surface area contributed by atoms with Crippen LogP contribution in [0, 0.1) is 5.92 Å². The SMILES string of the molecule is C=C[C@H](NC(=O)OCc1ccccc1)C(=O)N(SC)[C@H](C(=O)OC)C(C)C. The van der Waals surface area contributed by atoms with Crippen LogP contribution in [0.4, 0.5) is 4.79 Å². The Balaban J connectivity index is 2.79. The molecule has 0 saturated heterocycles. The van der Waals surface area contributed by atoms with Gasteiger partial charge < -0.3 is 14.8 Å². The Hall–Kier alpha value is -2.48. The summed E-state index contributed by atoms with van der Waals surface area (Å²) in [5, 5.41) is 2.47. The second-order valence-electron chi connectivity index (χ2n) is 5.98. The summed E-state index contributed by atoms with van der Waals surface area (Å²) in [7, 11) is 1.27. The lowest BCUT2D eigenvalue weighted by atomic mass is 10.0. The number of benzene rings is 1. The van der Waals surface area contributed by atoms with Crippen LogP contribution in [0.15, 0.2) is 43.0 Å². The first-order valence-electron chi connectivity index (χ1n) is 8.40. The number of carbonyl (C=O) groups excluding carboxylic acids is 3. The van der Waals surface area contributed by atoms with Crippen LogP contribution in [0.25, 0.3) is 0 Å². The van der Waals surface area contributed by atoms with Crippen molar-refractivity contribution >= 4 is 29.9 Å². The van der Waals surface area contributed by atoms with Gasteiger partial charge in [0.05, 0.1) is 7.11 Å². The molecule has 0 aliphatic carbocycles. The van der Waals surface area contributed by atoms with E-state index in [1.165, 1.54) is 17.5 Å². The maximum atomic E-state index is 12.8. The van der Waals surface area contributed by atoms with Gasteiger partial charge in [-0.15, -0.1) is 6.58 Å². The number of methoxy groups -OCH3 is 1. The zero-order valence-electron chi connectivity index (χ0n) is 16.0. The molecular weight excluding hydrogens is 368 g/mol. The lowest BCUT2D eigenvalue weighted by molar-refractivity contribution is -0.150. The van der Waals surface area contributed by atoms with E-state index in [9.17, 15) is 14.4 Å². The molecule has 0 aromatic heterocycles. The van der Waals surface area contributed by atoms with Crippen molar-refractivity contribution in [3.05, 3.63) is 48.6 Å². The number of esters is 1. The molecule has 0 heterocycles. The fourth-order valence-electron chi connectivity index (χ4n) is 2.35. The molecule has 0 unspecified atom stereocenters. The van der Waals surface area contributed by atoms with Crippen LogP contribution in [0.3, 0.4) is 0 Å². The van der Waals surface area contributed by atoms with Gasteiger partial charge in [0.15, 0.2) is 0 Å². The molecular formula is C19H26N2O5S. The highest BCUT2D eigenvalue weighted by Gasteiger charge is 2.36. The summed E-state index contributed by atoms with van der Waals surface area (Å²) in [4.78, 5) is 37.0. The van der Waals surface area contributed by atoms with E-state index in [0.29, 0.717) is 0 Å². The van der Waals surface area contributed by atoms with Crippen molar-refractivity contribution < 1.29 is 23.9 Å². The second-order valence-corrected chi connectivity index (χ2v) is 6.74. The van der Waals surface area contributed by atoms with Gasteiger partial charge in [-0.2, -0.15) is 0 Å². The van der Waals surface area contributed by atoms with Crippen molar-refractivity contribution in [3.8, 4) is 0 Å². The van der Waals surface area contributed by atoms with Gasteiger partial charge in [0.25, 0.3) is 5.91 Å². The van der Waals surface area contributed by atoms with E-state index in [2.05, 4.69) is 11.9 Å². The van der Waals surface area contributed by atoms with Crippen LogP contribution in [0.2, 0.25) is 0 Å². The molecule has 7 nitrogen and oxygen atoms in total. The highest BCUT2D eigenvalue weighted by Crippen LogP contribution is 2.21. The summed E-state index contributed by atoms with van der Waals surface area (Å²) >= 11 is 1.08. The Morgan fingerprint density at radius 2 is 1.89 bits per heavy atom. The minimum absolute atomic E-state index is 0.0771. The standard InChI is InChI=1S/C19H26N2O5S/c1-6-15(20-19(24)26-12-14-10-8-7-9-11-14)17(22)21(27-5)16(13(2)3)18(23)25-4/h6-11,13,15-16H,1,12H2,2-5H3,(H,20,24)/t15-,16-/m0/s1. The molecule has 0 fully saturated rings. The predicted molar refractivity (Wildman–Crippen MR) is 105 cm³/mol. The van der Waals surface area contributed by atoms with Crippen LogP contribution in [0.5, 0.6) is 0 Å². The molecule has 1 rings (SSSR count). The first-order valence-corrected chi connectivity index (χ1v) is 9.58. The third-order valence-corrected chi connectivity index (χ3v) is 4.53. The zero-order chi connectivity index (χ0) is 20.4. The van der Waals surface area contributed by atoms with Crippen molar-refractivity contribution in [2.24, 2.45) is 5.92 Å². The van der Waals surface area contributed by atoms with Crippen LogP contribution in [0.1, 0.15) is 19.4 Å². The number of ether oxygens (including phenoxy) is 2. The summed E-state index contributed by atoms with van der Waals surface area (Å²) in [6, 6.07) is 7.35. The lowest BCUT2D eigenvalue weighted by Gasteiger charge is -2.32. The van der Waals surface area contributed by atoms with E-state index in [-0.39, 0.29) is 12.5 Å². The monoisotopic (exact) mass is 394 g/mol. The highest BCUT2D eigenvalue weighted by molar-refractivity contribution is 7.96. The third-order valence-electron chi connectivity index (χ3n) is 3.73. The van der Waals surface area contributed by atoms with E-state index in [1.54, 1.807) is 6.26 Å². The number of rotatable bonds is 9. The van der Waals surface area contributed by atoms with Gasteiger partial charge in [-0.3, -0.25) is 9.10 Å². The minimum atomic E-state index is -1.04. The van der Waals surface area contributed by atoms with Crippen molar-refractivity contribution in [3.63, 3.8) is 0 Å². The molecule has 0 aliphatic rings. The molecule has 0 radical (unpaired) electrons. The summed E-state index contributed by atoms with van der Waals surface area (Å²) in [6.07, 6.45) is 2.21. The fourth-order valence-corrected chi connectivity index (χ4v) is 3.20. The summed E-state index contributed by atoms with van der Waals surface area (Å²) < 4.78 is 11.2. The maximum Gasteiger partial charge on any atom is 0.408 e. The van der Waals surface area contributed by atoms with E-state index in [1.807, 2.05) is 44.2 Å². The van der Waals surface area contributed by atoms with Gasteiger partial charge in [-0.1, -0.05) is 50.3 Å². The first-order chi connectivity index (χ1) is 12.8. The van der Waals surface area contributed by atoms with Gasteiger partial charge in [-0.05, 0) is 23.4 Å². The van der Waals surface area contributed by atoms with Gasteiger partial charge >= 0.3 is 12.1 Å². The Bertz CT molecular complexity index is 651. The molecule has 2 amide bonds. The molecule has 8 heteroatoms. The number of amides is 2. The Morgan fingerprint density at radius 1 is 1.26 bits per heavy atom. The molecule has 27 heavy (non-hydrogen) atoms. The molecule has 0 aliphatic heterocycles. The largest absolute Gasteiger partial charge is 0.467 e. The smallest absolute Gasteiger partial charge is 0.408 e. The second kappa shape index (κ2) is 11.3. The van der Waals surface area contributed by atoms with Gasteiger partial charge in [0, 0.05) is 6.26 Å². The first kappa shape index (κ1) is 22.6. The average Bonchev–Trinajstić information content (AvgIpc) is 2.67. The van der Waals surface area contributed by atoms with Gasteiger partial charge in [0.1, 0.15) is 18.7 Å². The summed E-state index contributed by atoms with van der Waals surface area (Å²) in [5.74, 6) is -1.19. The van der Waals surface area contributed by atoms with Crippen LogP contribution in [-0.2, 0) is 25.7 Å². The Labute approximate surface area is 164 Å². The van der Waals surface area contributed by atoms with E-state index < -0.39 is 30.1 Å². The predicted octanol–water partition coefficient (Wildman–Crippen LogP) is 2.77. The van der Waals surface area contributed by atoms with Crippen molar-refractivity contribution in [1.29, 1.82) is 0 Å². The van der Waals surface area contributed by atoms with Crippen molar-refractivity contribution in [1.82, 2.24) is 9.62 Å². The highest BCUT2D eigenvalue weighted by atomic mass is 32.2. The maximum absolute atomic E-state index is 12.8. The zero-order valence-corrected chi connectivity index (χ0v) is 16.8. The number of hydrogen-bond acceptors (Lipinski definition) is 6. The van der Waals surface area contributed by atoms with Gasteiger partial charge in [-0.25, -0.2) is 9.59 Å². The van der Waals surface area contributed by atoms with Crippen molar-refractivity contribution in [2.75, 3.05) is 13.4 Å². The molecule has 0 spiro atoms. The number of nitrogens with zero attached hydrogens (tertiary/aromatic N) is 1. The Kier molecular flexibility index (Phi) is 9.42. The number of alkyl carbamates (subject to hydrolysis) is 1. The van der Waals surface area contributed by atoms with E-state index >= 15 is 0 Å². The number of hydrogen-bond donors (Lipinski definition) is 1. The fraction of sp³-hybridized carbons (Fsp3) is 0.421. The number of carbonyl (C=O) groups is 3. The van der Waals surface area contributed by atoms with Crippen LogP contribution < -0.4 is 5.32 Å². The summed E-state index contributed by atoms with van der Waals surface area (Å²) in [6.45, 7) is 7.29. The molecule has 1 N–H and O–H groups in total. The van der Waals surface area contributed by atoms with E-state index in [0.717, 1.165) is 17.5 Å². The lowest BCUT2D eigenvalue weighted by Crippen LogP contribution is -2.52. The van der Waals surface area contributed by atoms with Crippen LogP contribution >= 0.6 is 11.9 Å². The molecule has 0 saturated carbocycles.